The summed E-state index contributed by atoms with van der Waals surface area (Å²) in [7, 11) is 0. The number of alkyl halides is 1. The molecule has 2 aliphatic rings. The Hall–Kier alpha value is -1.39. The molecular weight excluding hydrogens is 388 g/mol. The minimum atomic E-state index is -3.25. The van der Waals surface area contributed by atoms with E-state index in [1.54, 1.807) is 20.8 Å². The summed E-state index contributed by atoms with van der Waals surface area (Å²) in [6.07, 6.45) is -3.60. The van der Waals surface area contributed by atoms with Crippen molar-refractivity contribution in [3.8, 4) is 0 Å². The first-order valence-electron chi connectivity index (χ1n) is 7.75. The van der Waals surface area contributed by atoms with Crippen molar-refractivity contribution < 1.29 is 22.7 Å². The molecule has 0 radical (unpaired) electrons. The predicted molar refractivity (Wildman–Crippen MR) is 91.5 cm³/mol. The highest BCUT2D eigenvalue weighted by atomic mass is 32.5. The highest BCUT2D eigenvalue weighted by molar-refractivity contribution is 8.07. The molecule has 5 atom stereocenters. The maximum atomic E-state index is 15.2. The Labute approximate surface area is 153 Å². The predicted octanol–water partition coefficient (Wildman–Crippen LogP) is 2.49. The molecule has 0 amide bonds. The van der Waals surface area contributed by atoms with Gasteiger partial charge in [0.2, 0.25) is 5.72 Å². The summed E-state index contributed by atoms with van der Waals surface area (Å²) in [5.74, 6) is 0. The molecule has 3 rings (SSSR count). The van der Waals surface area contributed by atoms with Gasteiger partial charge in [-0.1, -0.05) is 5.11 Å². The summed E-state index contributed by atoms with van der Waals surface area (Å²) in [5, 5.41) is 3.54. The molecular formula is C13H17FN5O5PS. The van der Waals surface area contributed by atoms with E-state index in [0.29, 0.717) is 5.69 Å². The third kappa shape index (κ3) is 3.41. The first-order valence-corrected chi connectivity index (χ1v) is 10.3. The fourth-order valence-electron chi connectivity index (χ4n) is 2.74. The van der Waals surface area contributed by atoms with Gasteiger partial charge in [0.05, 0.1) is 12.7 Å². The number of ether oxygens (including phenoxy) is 1. The van der Waals surface area contributed by atoms with E-state index in [0.717, 1.165) is 4.57 Å². The first kappa shape index (κ1) is 19.4. The van der Waals surface area contributed by atoms with E-state index in [2.05, 4.69) is 15.0 Å². The van der Waals surface area contributed by atoms with Gasteiger partial charge in [-0.3, -0.25) is 9.09 Å². The number of hydrogen-bond donors (Lipinski definition) is 0. The number of halogens is 1. The highest BCUT2D eigenvalue weighted by Gasteiger charge is 2.62. The zero-order valence-electron chi connectivity index (χ0n) is 14.2. The second-order valence-corrected chi connectivity index (χ2v) is 9.06. The van der Waals surface area contributed by atoms with Crippen molar-refractivity contribution in [3.05, 3.63) is 38.9 Å². The van der Waals surface area contributed by atoms with Gasteiger partial charge in [-0.05, 0) is 44.2 Å². The molecule has 0 aliphatic carbocycles. The van der Waals surface area contributed by atoms with Crippen LogP contribution in [-0.2, 0) is 30.1 Å². The van der Waals surface area contributed by atoms with Crippen molar-refractivity contribution >= 4 is 18.5 Å². The molecule has 0 aromatic carbocycles. The van der Waals surface area contributed by atoms with Crippen LogP contribution >= 0.6 is 6.72 Å². The van der Waals surface area contributed by atoms with Crippen LogP contribution in [0.25, 0.3) is 10.4 Å². The molecule has 13 heteroatoms. The minimum Gasteiger partial charge on any atom is -0.337 e. The van der Waals surface area contributed by atoms with Crippen LogP contribution in [0.3, 0.4) is 0 Å². The molecule has 142 valence electrons. The molecule has 3 heterocycles. The number of azide groups is 1. The van der Waals surface area contributed by atoms with E-state index < -0.39 is 36.6 Å². The van der Waals surface area contributed by atoms with E-state index in [1.807, 2.05) is 0 Å². The summed E-state index contributed by atoms with van der Waals surface area (Å²) in [6.45, 7) is 1.49. The number of rotatable bonds is 4. The van der Waals surface area contributed by atoms with E-state index in [4.69, 9.17) is 35.6 Å². The Kier molecular flexibility index (Phi) is 5.19. The highest BCUT2D eigenvalue weighted by Crippen LogP contribution is 2.61. The number of hydrogen-bond acceptors (Lipinski definition) is 8. The molecule has 2 fully saturated rings. The molecule has 0 saturated carbocycles. The second kappa shape index (κ2) is 6.97. The van der Waals surface area contributed by atoms with Gasteiger partial charge in [-0.25, -0.2) is 9.18 Å². The Bertz CT molecular complexity index is 862. The lowest BCUT2D eigenvalue weighted by molar-refractivity contribution is -0.138. The van der Waals surface area contributed by atoms with Crippen LogP contribution in [0.1, 0.15) is 25.8 Å². The molecule has 26 heavy (non-hydrogen) atoms. The van der Waals surface area contributed by atoms with E-state index in [9.17, 15) is 4.79 Å². The van der Waals surface area contributed by atoms with E-state index >= 15 is 4.39 Å². The van der Waals surface area contributed by atoms with Gasteiger partial charge in [-0.15, -0.1) is 0 Å². The standard InChI is InChI=1S/C13H17FN5O5PS/c1-7(2)23-25(26)21-6-13(17-18-15)10(24-25)9(14)11(22-13)19-5-4-8(3)16-12(19)20/h4-5,7,9-11H,6H2,1-3H3/t9-,10+,11-,13-,25?/m1/s1. The van der Waals surface area contributed by atoms with Crippen molar-refractivity contribution in [2.24, 2.45) is 5.11 Å². The van der Waals surface area contributed by atoms with E-state index in [1.165, 1.54) is 12.3 Å². The van der Waals surface area contributed by atoms with Gasteiger partial charge in [-0.2, -0.15) is 4.98 Å². The summed E-state index contributed by atoms with van der Waals surface area (Å²) in [6, 6.07) is 1.53. The fourth-order valence-corrected chi connectivity index (χ4v) is 5.28. The third-order valence-corrected chi connectivity index (χ3v) is 6.24. The van der Waals surface area contributed by atoms with Gasteiger partial charge in [0.15, 0.2) is 12.4 Å². The number of aryl methyl sites for hydroxylation is 1. The quantitative estimate of drug-likeness (QED) is 0.327. The van der Waals surface area contributed by atoms with Crippen molar-refractivity contribution in [2.75, 3.05) is 6.61 Å². The van der Waals surface area contributed by atoms with Crippen molar-refractivity contribution in [3.63, 3.8) is 0 Å². The molecule has 1 aromatic rings. The van der Waals surface area contributed by atoms with Gasteiger partial charge in [0, 0.05) is 16.8 Å². The van der Waals surface area contributed by atoms with Gasteiger partial charge in [0.25, 0.3) is 0 Å². The molecule has 0 spiro atoms. The average Bonchev–Trinajstić information content (AvgIpc) is 2.80. The van der Waals surface area contributed by atoms with Crippen LogP contribution in [0.15, 0.2) is 22.2 Å². The minimum absolute atomic E-state index is 0.312. The van der Waals surface area contributed by atoms with Crippen molar-refractivity contribution in [1.29, 1.82) is 0 Å². The zero-order valence-corrected chi connectivity index (χ0v) is 15.9. The maximum Gasteiger partial charge on any atom is 0.349 e. The lowest BCUT2D eigenvalue weighted by Gasteiger charge is -2.39. The first-order chi connectivity index (χ1) is 12.2. The van der Waals surface area contributed by atoms with Crippen LogP contribution in [0.2, 0.25) is 0 Å². The molecule has 1 aromatic heterocycles. The topological polar surface area (TPSA) is 121 Å². The van der Waals surface area contributed by atoms with Gasteiger partial charge < -0.3 is 13.8 Å². The molecule has 2 aliphatic heterocycles. The van der Waals surface area contributed by atoms with Crippen molar-refractivity contribution in [2.45, 2.75) is 51.1 Å². The van der Waals surface area contributed by atoms with Crippen LogP contribution in [0.4, 0.5) is 4.39 Å². The monoisotopic (exact) mass is 405 g/mol. The SMILES string of the molecule is Cc1ccn([C@@H]2O[C@]3(N=[N+]=[N-])COP(=S)(OC(C)C)O[C@H]3[C@H]2F)c(=O)n1. The lowest BCUT2D eigenvalue weighted by Crippen LogP contribution is -2.48. The third-order valence-electron chi connectivity index (χ3n) is 3.80. The molecule has 10 nitrogen and oxygen atoms in total. The van der Waals surface area contributed by atoms with Gasteiger partial charge >= 0.3 is 12.4 Å². The Balaban J connectivity index is 1.98. The second-order valence-electron chi connectivity index (χ2n) is 6.15. The van der Waals surface area contributed by atoms with Crippen LogP contribution < -0.4 is 5.69 Å². The summed E-state index contributed by atoms with van der Waals surface area (Å²) in [5.41, 5.74) is 6.86. The van der Waals surface area contributed by atoms with Crippen molar-refractivity contribution in [1.82, 2.24) is 9.55 Å². The summed E-state index contributed by atoms with van der Waals surface area (Å²) >= 11 is 5.25. The Morgan fingerprint density at radius 2 is 2.38 bits per heavy atom. The van der Waals surface area contributed by atoms with Crippen LogP contribution in [0, 0.1) is 6.92 Å². The normalized spacial score (nSPS) is 36.6. The number of fused-ring (bicyclic) bond motifs is 1. The maximum absolute atomic E-state index is 15.2. The largest absolute Gasteiger partial charge is 0.349 e. The smallest absolute Gasteiger partial charge is 0.337 e. The molecule has 2 saturated heterocycles. The average molecular weight is 405 g/mol. The van der Waals surface area contributed by atoms with Gasteiger partial charge in [0.1, 0.15) is 6.10 Å². The van der Waals surface area contributed by atoms with Crippen LogP contribution in [0.5, 0.6) is 0 Å². The summed E-state index contributed by atoms with van der Waals surface area (Å²) in [4.78, 5) is 18.6. The Morgan fingerprint density at radius 3 is 3.00 bits per heavy atom. The molecule has 1 unspecified atom stereocenters. The summed E-state index contributed by atoms with van der Waals surface area (Å²) < 4.78 is 38.3. The molecule has 0 N–H and O–H groups in total. The number of aromatic nitrogens is 2. The fraction of sp³-hybridized carbons (Fsp3) is 0.692. The Morgan fingerprint density at radius 1 is 1.65 bits per heavy atom. The molecule has 0 bridgehead atoms. The zero-order chi connectivity index (χ0) is 19.1. The van der Waals surface area contributed by atoms with E-state index in [-0.39, 0.29) is 12.7 Å². The lowest BCUT2D eigenvalue weighted by atomic mass is 10.1. The van der Waals surface area contributed by atoms with Crippen LogP contribution in [-0.4, -0.2) is 40.3 Å². The number of nitrogens with zero attached hydrogens (tertiary/aromatic N) is 5.